The topological polar surface area (TPSA) is 58.2 Å². The molecule has 4 nitrogen and oxygen atoms in total. The largest absolute Gasteiger partial charge is 0.408 e. The number of rotatable bonds is 3. The van der Waals surface area contributed by atoms with Gasteiger partial charge in [0.25, 0.3) is 0 Å². The number of hydrogen-bond acceptors (Lipinski definition) is 2. The molecule has 1 aromatic rings. The molecular formula is C17H21F3N2O2. The molecule has 7 heteroatoms. The molecule has 1 saturated heterocycles. The summed E-state index contributed by atoms with van der Waals surface area (Å²) in [7, 11) is 0. The van der Waals surface area contributed by atoms with Gasteiger partial charge in [-0.15, -0.1) is 0 Å². The van der Waals surface area contributed by atoms with Crippen molar-refractivity contribution in [3.05, 3.63) is 34.9 Å². The Hall–Kier alpha value is -2.05. The van der Waals surface area contributed by atoms with Crippen LogP contribution in [0.4, 0.5) is 13.2 Å². The predicted octanol–water partition coefficient (Wildman–Crippen LogP) is 2.94. The molecule has 2 rings (SSSR count). The second-order valence-electron chi connectivity index (χ2n) is 6.25. The van der Waals surface area contributed by atoms with Crippen LogP contribution < -0.4 is 10.6 Å². The third kappa shape index (κ3) is 3.88. The van der Waals surface area contributed by atoms with Gasteiger partial charge in [-0.05, 0) is 50.3 Å². The number of aryl methyl sites for hydroxylation is 1. The zero-order valence-corrected chi connectivity index (χ0v) is 13.8. The van der Waals surface area contributed by atoms with E-state index in [1.54, 1.807) is 6.92 Å². The Kier molecular flexibility index (Phi) is 5.20. The maximum Gasteiger partial charge on any atom is 0.408 e. The van der Waals surface area contributed by atoms with Crippen LogP contribution in [0.5, 0.6) is 0 Å². The molecule has 2 N–H and O–H groups in total. The zero-order valence-electron chi connectivity index (χ0n) is 13.8. The first kappa shape index (κ1) is 18.3. The molecule has 24 heavy (non-hydrogen) atoms. The quantitative estimate of drug-likeness (QED) is 0.830. The average molecular weight is 342 g/mol. The molecule has 0 aromatic heterocycles. The van der Waals surface area contributed by atoms with E-state index in [4.69, 9.17) is 0 Å². The molecule has 1 aliphatic rings. The minimum atomic E-state index is -4.48. The number of benzene rings is 1. The highest BCUT2D eigenvalue weighted by Crippen LogP contribution is 2.29. The Labute approximate surface area is 138 Å². The molecule has 0 aliphatic carbocycles. The number of piperidine rings is 1. The van der Waals surface area contributed by atoms with Gasteiger partial charge in [-0.1, -0.05) is 18.2 Å². The van der Waals surface area contributed by atoms with Crippen LogP contribution in [-0.2, 0) is 9.59 Å². The standard InChI is InChI=1S/C17H21F3N2O2/c1-9-5-4-6-12(10(9)2)11(3)21-15(23)13-7-8-14(17(18,19)20)22-16(13)24/h4-6,11,13-14H,7-8H2,1-3H3,(H,21,23)(H,22,24). The van der Waals surface area contributed by atoms with Crippen LogP contribution in [0.1, 0.15) is 42.5 Å². The monoisotopic (exact) mass is 342 g/mol. The van der Waals surface area contributed by atoms with Crippen molar-refractivity contribution in [1.29, 1.82) is 0 Å². The predicted molar refractivity (Wildman–Crippen MR) is 83.2 cm³/mol. The number of amides is 2. The number of halogens is 3. The van der Waals surface area contributed by atoms with E-state index < -0.39 is 30.0 Å². The van der Waals surface area contributed by atoms with Crippen LogP contribution in [0.15, 0.2) is 18.2 Å². The molecule has 1 aliphatic heterocycles. The molecule has 132 valence electrons. The summed E-state index contributed by atoms with van der Waals surface area (Å²) in [5.41, 5.74) is 3.04. The first-order valence-corrected chi connectivity index (χ1v) is 7.85. The highest BCUT2D eigenvalue weighted by Gasteiger charge is 2.46. The number of carbonyl (C=O) groups is 2. The van der Waals surface area contributed by atoms with Gasteiger partial charge in [0.2, 0.25) is 11.8 Å². The Bertz CT molecular complexity index is 643. The second-order valence-corrected chi connectivity index (χ2v) is 6.25. The van der Waals surface area contributed by atoms with Gasteiger partial charge in [0.1, 0.15) is 12.0 Å². The van der Waals surface area contributed by atoms with E-state index in [9.17, 15) is 22.8 Å². The third-order valence-electron chi connectivity index (χ3n) is 4.56. The summed E-state index contributed by atoms with van der Waals surface area (Å²) >= 11 is 0. The second kappa shape index (κ2) is 6.83. The lowest BCUT2D eigenvalue weighted by Crippen LogP contribution is -2.54. The van der Waals surface area contributed by atoms with E-state index in [0.29, 0.717) is 0 Å². The van der Waals surface area contributed by atoms with Crippen molar-refractivity contribution in [1.82, 2.24) is 10.6 Å². The van der Waals surface area contributed by atoms with Gasteiger partial charge >= 0.3 is 6.18 Å². The molecular weight excluding hydrogens is 321 g/mol. The molecule has 3 atom stereocenters. The summed E-state index contributed by atoms with van der Waals surface area (Å²) in [6.45, 7) is 5.69. The Morgan fingerprint density at radius 3 is 2.54 bits per heavy atom. The number of alkyl halides is 3. The Balaban J connectivity index is 2.03. The van der Waals surface area contributed by atoms with Crippen molar-refractivity contribution in [2.75, 3.05) is 0 Å². The van der Waals surface area contributed by atoms with Gasteiger partial charge in [0.15, 0.2) is 0 Å². The van der Waals surface area contributed by atoms with Gasteiger partial charge in [-0.2, -0.15) is 13.2 Å². The van der Waals surface area contributed by atoms with E-state index in [2.05, 4.69) is 5.32 Å². The molecule has 2 amide bonds. The molecule has 1 heterocycles. The number of nitrogens with one attached hydrogen (secondary N) is 2. The molecule has 1 fully saturated rings. The molecule has 1 aromatic carbocycles. The Morgan fingerprint density at radius 1 is 1.29 bits per heavy atom. The lowest BCUT2D eigenvalue weighted by Gasteiger charge is -2.30. The van der Waals surface area contributed by atoms with E-state index in [1.807, 2.05) is 37.4 Å². The Morgan fingerprint density at radius 2 is 1.96 bits per heavy atom. The van der Waals surface area contributed by atoms with E-state index in [0.717, 1.165) is 16.7 Å². The van der Waals surface area contributed by atoms with Gasteiger partial charge in [-0.3, -0.25) is 9.59 Å². The summed E-state index contributed by atoms with van der Waals surface area (Å²) in [6.07, 6.45) is -4.88. The van der Waals surface area contributed by atoms with Crippen LogP contribution in [-0.4, -0.2) is 24.0 Å². The van der Waals surface area contributed by atoms with E-state index >= 15 is 0 Å². The first-order chi connectivity index (χ1) is 11.1. The first-order valence-electron chi connectivity index (χ1n) is 7.85. The lowest BCUT2D eigenvalue weighted by atomic mass is 9.92. The fraction of sp³-hybridized carbons (Fsp3) is 0.529. The van der Waals surface area contributed by atoms with Gasteiger partial charge < -0.3 is 10.6 Å². The van der Waals surface area contributed by atoms with Gasteiger partial charge in [0.05, 0.1) is 6.04 Å². The molecule has 0 saturated carbocycles. The van der Waals surface area contributed by atoms with Crippen LogP contribution in [0.3, 0.4) is 0 Å². The van der Waals surface area contributed by atoms with Crippen molar-refractivity contribution in [2.24, 2.45) is 5.92 Å². The highest BCUT2D eigenvalue weighted by molar-refractivity contribution is 6.01. The van der Waals surface area contributed by atoms with Crippen LogP contribution in [0, 0.1) is 19.8 Å². The maximum atomic E-state index is 12.6. The minimum Gasteiger partial charge on any atom is -0.349 e. The summed E-state index contributed by atoms with van der Waals surface area (Å²) in [5.74, 6) is -2.49. The highest BCUT2D eigenvalue weighted by atomic mass is 19.4. The van der Waals surface area contributed by atoms with Gasteiger partial charge in [-0.25, -0.2) is 0 Å². The third-order valence-corrected chi connectivity index (χ3v) is 4.56. The molecule has 0 spiro atoms. The molecule has 0 bridgehead atoms. The van der Waals surface area contributed by atoms with E-state index in [-0.39, 0.29) is 18.9 Å². The van der Waals surface area contributed by atoms with Gasteiger partial charge in [0, 0.05) is 0 Å². The van der Waals surface area contributed by atoms with Crippen LogP contribution >= 0.6 is 0 Å². The van der Waals surface area contributed by atoms with Crippen molar-refractivity contribution >= 4 is 11.8 Å². The molecule has 3 unspecified atom stereocenters. The van der Waals surface area contributed by atoms with Crippen molar-refractivity contribution < 1.29 is 22.8 Å². The SMILES string of the molecule is Cc1cccc(C(C)NC(=O)C2CCC(C(F)(F)F)NC2=O)c1C. The summed E-state index contributed by atoms with van der Waals surface area (Å²) < 4.78 is 37.9. The smallest absolute Gasteiger partial charge is 0.349 e. The van der Waals surface area contributed by atoms with Crippen molar-refractivity contribution in [2.45, 2.75) is 51.9 Å². The fourth-order valence-corrected chi connectivity index (χ4v) is 2.94. The normalized spacial score (nSPS) is 22.7. The van der Waals surface area contributed by atoms with Crippen LogP contribution in [0.2, 0.25) is 0 Å². The minimum absolute atomic E-state index is 0.110. The zero-order chi connectivity index (χ0) is 18.1. The average Bonchev–Trinajstić information content (AvgIpc) is 2.48. The molecule has 0 radical (unpaired) electrons. The maximum absolute atomic E-state index is 12.6. The fourth-order valence-electron chi connectivity index (χ4n) is 2.94. The van der Waals surface area contributed by atoms with Crippen LogP contribution in [0.25, 0.3) is 0 Å². The summed E-state index contributed by atoms with van der Waals surface area (Å²) in [6, 6.07) is 3.52. The van der Waals surface area contributed by atoms with Crippen molar-refractivity contribution in [3.8, 4) is 0 Å². The number of carbonyl (C=O) groups excluding carboxylic acids is 2. The lowest BCUT2D eigenvalue weighted by molar-refractivity contribution is -0.171. The number of hydrogen-bond donors (Lipinski definition) is 2. The summed E-state index contributed by atoms with van der Waals surface area (Å²) in [5, 5.41) is 4.63. The van der Waals surface area contributed by atoms with Crippen molar-refractivity contribution in [3.63, 3.8) is 0 Å². The van der Waals surface area contributed by atoms with E-state index in [1.165, 1.54) is 0 Å². The summed E-state index contributed by atoms with van der Waals surface area (Å²) in [4.78, 5) is 24.2.